The lowest BCUT2D eigenvalue weighted by molar-refractivity contribution is 0.101. The topological polar surface area (TPSA) is 61.9 Å². The van der Waals surface area contributed by atoms with E-state index in [0.717, 1.165) is 24.1 Å². The average molecular weight is 451 g/mol. The molecule has 0 spiro atoms. The van der Waals surface area contributed by atoms with E-state index < -0.39 is 23.1 Å². The Balaban J connectivity index is 1.63. The van der Waals surface area contributed by atoms with Crippen LogP contribution in [0.3, 0.4) is 0 Å². The van der Waals surface area contributed by atoms with E-state index in [1.807, 2.05) is 30.3 Å². The maximum atomic E-state index is 14.1. The molecule has 1 aliphatic heterocycles. The molecule has 1 fully saturated rings. The van der Waals surface area contributed by atoms with Crippen molar-refractivity contribution in [3.05, 3.63) is 89.5 Å². The van der Waals surface area contributed by atoms with Crippen molar-refractivity contribution in [3.63, 3.8) is 0 Å². The fourth-order valence-corrected chi connectivity index (χ4v) is 3.83. The summed E-state index contributed by atoms with van der Waals surface area (Å²) in [6, 6.07) is 17.5. The maximum Gasteiger partial charge on any atom is 0.324 e. The summed E-state index contributed by atoms with van der Waals surface area (Å²) in [5.74, 6) is -2.47. The second kappa shape index (κ2) is 9.68. The van der Waals surface area contributed by atoms with Crippen molar-refractivity contribution in [2.75, 3.05) is 30.4 Å². The summed E-state index contributed by atoms with van der Waals surface area (Å²) < 4.78 is 33.5. The van der Waals surface area contributed by atoms with Crippen molar-refractivity contribution in [2.45, 2.75) is 13.0 Å². The monoisotopic (exact) mass is 451 g/mol. The summed E-state index contributed by atoms with van der Waals surface area (Å²) in [5, 5.41) is 2.55. The Morgan fingerprint density at radius 3 is 2.42 bits per heavy atom. The minimum atomic E-state index is -0.972. The molecule has 0 unspecified atom stereocenters. The molecular formula is C25H23F2N3O3. The van der Waals surface area contributed by atoms with Gasteiger partial charge in [0.25, 0.3) is 5.91 Å². The maximum absolute atomic E-state index is 14.1. The van der Waals surface area contributed by atoms with Gasteiger partial charge in [-0.3, -0.25) is 9.69 Å². The molecule has 0 atom stereocenters. The Bertz CT molecular complexity index is 1150. The van der Waals surface area contributed by atoms with Gasteiger partial charge in [0.15, 0.2) is 0 Å². The molecule has 0 aromatic heterocycles. The van der Waals surface area contributed by atoms with Crippen LogP contribution in [0.25, 0.3) is 0 Å². The molecule has 0 aliphatic carbocycles. The zero-order valence-corrected chi connectivity index (χ0v) is 18.1. The molecule has 170 valence electrons. The highest BCUT2D eigenvalue weighted by molar-refractivity contribution is 6.08. The second-order valence-electron chi connectivity index (χ2n) is 7.63. The number of hydrogen-bond acceptors (Lipinski definition) is 3. The fourth-order valence-electron chi connectivity index (χ4n) is 3.83. The number of methoxy groups -OCH3 is 1. The van der Waals surface area contributed by atoms with E-state index in [4.69, 9.17) is 4.74 Å². The number of nitrogens with zero attached hydrogens (tertiary/aromatic N) is 2. The number of benzene rings is 3. The van der Waals surface area contributed by atoms with Gasteiger partial charge < -0.3 is 15.0 Å². The SMILES string of the molecule is COc1ccc(N2CCCN(Cc3ccccc3)C2=O)c(NC(=O)c2c(F)cccc2F)c1. The van der Waals surface area contributed by atoms with Crippen LogP contribution in [0, 0.1) is 11.6 Å². The Morgan fingerprint density at radius 1 is 1.00 bits per heavy atom. The number of halogens is 2. The molecule has 3 aromatic carbocycles. The third-order valence-corrected chi connectivity index (χ3v) is 5.46. The smallest absolute Gasteiger partial charge is 0.324 e. The van der Waals surface area contributed by atoms with Crippen molar-refractivity contribution in [3.8, 4) is 5.75 Å². The third kappa shape index (κ3) is 4.79. The summed E-state index contributed by atoms with van der Waals surface area (Å²) in [5.41, 5.74) is 0.952. The van der Waals surface area contributed by atoms with Crippen LogP contribution in [0.5, 0.6) is 5.75 Å². The lowest BCUT2D eigenvalue weighted by Crippen LogP contribution is -2.49. The predicted molar refractivity (Wildman–Crippen MR) is 122 cm³/mol. The van der Waals surface area contributed by atoms with Gasteiger partial charge in [0.2, 0.25) is 0 Å². The van der Waals surface area contributed by atoms with Crippen molar-refractivity contribution in [2.24, 2.45) is 0 Å². The summed E-state index contributed by atoms with van der Waals surface area (Å²) in [4.78, 5) is 29.3. The predicted octanol–water partition coefficient (Wildman–Crippen LogP) is 5.06. The van der Waals surface area contributed by atoms with Crippen LogP contribution < -0.4 is 15.0 Å². The van der Waals surface area contributed by atoms with Gasteiger partial charge in [-0.2, -0.15) is 0 Å². The number of carbonyl (C=O) groups is 2. The van der Waals surface area contributed by atoms with Crippen molar-refractivity contribution >= 4 is 23.3 Å². The van der Waals surface area contributed by atoms with Crippen LogP contribution in [0.2, 0.25) is 0 Å². The third-order valence-electron chi connectivity index (χ3n) is 5.46. The first-order chi connectivity index (χ1) is 16.0. The molecule has 3 amide bonds. The molecule has 0 saturated carbocycles. The highest BCUT2D eigenvalue weighted by atomic mass is 19.1. The minimum absolute atomic E-state index is 0.219. The van der Waals surface area contributed by atoms with Crippen LogP contribution in [0.15, 0.2) is 66.7 Å². The molecule has 0 bridgehead atoms. The summed E-state index contributed by atoms with van der Waals surface area (Å²) >= 11 is 0. The zero-order valence-electron chi connectivity index (χ0n) is 18.1. The Morgan fingerprint density at radius 2 is 1.73 bits per heavy atom. The van der Waals surface area contributed by atoms with E-state index in [0.29, 0.717) is 31.1 Å². The van der Waals surface area contributed by atoms with Crippen LogP contribution >= 0.6 is 0 Å². The van der Waals surface area contributed by atoms with Gasteiger partial charge in [-0.1, -0.05) is 36.4 Å². The Hall–Kier alpha value is -3.94. The van der Waals surface area contributed by atoms with E-state index in [2.05, 4.69) is 5.32 Å². The number of ether oxygens (including phenoxy) is 1. The van der Waals surface area contributed by atoms with Gasteiger partial charge >= 0.3 is 6.03 Å². The van der Waals surface area contributed by atoms with Crippen LogP contribution in [0.4, 0.5) is 25.0 Å². The van der Waals surface area contributed by atoms with Crippen molar-refractivity contribution in [1.29, 1.82) is 0 Å². The van der Waals surface area contributed by atoms with Gasteiger partial charge in [-0.15, -0.1) is 0 Å². The van der Waals surface area contributed by atoms with Crippen molar-refractivity contribution < 1.29 is 23.1 Å². The number of amides is 3. The van der Waals surface area contributed by atoms with E-state index in [9.17, 15) is 18.4 Å². The van der Waals surface area contributed by atoms with Crippen LogP contribution in [-0.2, 0) is 6.54 Å². The van der Waals surface area contributed by atoms with Gasteiger partial charge in [0.05, 0.1) is 18.5 Å². The van der Waals surface area contributed by atoms with E-state index >= 15 is 0 Å². The number of carbonyl (C=O) groups excluding carboxylic acids is 2. The molecule has 1 heterocycles. The first kappa shape index (κ1) is 22.3. The molecular weight excluding hydrogens is 428 g/mol. The lowest BCUT2D eigenvalue weighted by atomic mass is 10.1. The summed E-state index contributed by atoms with van der Waals surface area (Å²) in [6.07, 6.45) is 0.722. The molecule has 6 nitrogen and oxygen atoms in total. The number of urea groups is 1. The fraction of sp³-hybridized carbons (Fsp3) is 0.200. The van der Waals surface area contributed by atoms with Gasteiger partial charge in [-0.05, 0) is 36.2 Å². The molecule has 8 heteroatoms. The molecule has 1 saturated heterocycles. The largest absolute Gasteiger partial charge is 0.497 e. The second-order valence-corrected chi connectivity index (χ2v) is 7.63. The number of anilines is 2. The van der Waals surface area contributed by atoms with E-state index in [1.165, 1.54) is 19.2 Å². The van der Waals surface area contributed by atoms with Gasteiger partial charge in [0.1, 0.15) is 22.9 Å². The molecule has 4 rings (SSSR count). The number of rotatable bonds is 6. The Kier molecular flexibility index (Phi) is 6.53. The average Bonchev–Trinajstić information content (AvgIpc) is 2.81. The van der Waals surface area contributed by atoms with Crippen LogP contribution in [-0.4, -0.2) is 37.0 Å². The molecule has 1 aliphatic rings. The number of nitrogens with one attached hydrogen (secondary N) is 1. The van der Waals surface area contributed by atoms with Crippen LogP contribution in [0.1, 0.15) is 22.3 Å². The summed E-state index contributed by atoms with van der Waals surface area (Å²) in [7, 11) is 1.46. The minimum Gasteiger partial charge on any atom is -0.497 e. The molecule has 3 aromatic rings. The quantitative estimate of drug-likeness (QED) is 0.570. The summed E-state index contributed by atoms with van der Waals surface area (Å²) in [6.45, 7) is 1.49. The first-order valence-electron chi connectivity index (χ1n) is 10.5. The van der Waals surface area contributed by atoms with Gasteiger partial charge in [-0.25, -0.2) is 13.6 Å². The first-order valence-corrected chi connectivity index (χ1v) is 10.5. The Labute approximate surface area is 190 Å². The van der Waals surface area contributed by atoms with E-state index in [-0.39, 0.29) is 11.7 Å². The highest BCUT2D eigenvalue weighted by Crippen LogP contribution is 2.33. The van der Waals surface area contributed by atoms with E-state index in [1.54, 1.807) is 21.9 Å². The number of hydrogen-bond donors (Lipinski definition) is 1. The lowest BCUT2D eigenvalue weighted by Gasteiger charge is -2.36. The van der Waals surface area contributed by atoms with Crippen molar-refractivity contribution in [1.82, 2.24) is 4.90 Å². The van der Waals surface area contributed by atoms with Gasteiger partial charge in [0, 0.05) is 25.7 Å². The molecule has 0 radical (unpaired) electrons. The zero-order chi connectivity index (χ0) is 23.4. The normalized spacial score (nSPS) is 13.7. The molecule has 33 heavy (non-hydrogen) atoms. The molecule has 1 N–H and O–H groups in total. The highest BCUT2D eigenvalue weighted by Gasteiger charge is 2.29. The standard InChI is InChI=1S/C25H23F2N3O3/c1-33-18-11-12-22(21(15-18)28-24(31)23-19(26)9-5-10-20(23)27)30-14-6-13-29(25(30)32)16-17-7-3-2-4-8-17/h2-5,7-12,15H,6,13-14,16H2,1H3,(H,28,31).